The predicted molar refractivity (Wildman–Crippen MR) is 112 cm³/mol. The van der Waals surface area contributed by atoms with Crippen LogP contribution in [-0.2, 0) is 11.2 Å². The minimum atomic E-state index is -4.87. The summed E-state index contributed by atoms with van der Waals surface area (Å²) in [5.41, 5.74) is 1.03. The Morgan fingerprint density at radius 1 is 1.15 bits per heavy atom. The average molecular weight is 483 g/mol. The first-order valence-corrected chi connectivity index (χ1v) is 9.97. The molecule has 0 spiro atoms. The van der Waals surface area contributed by atoms with E-state index in [0.29, 0.717) is 17.1 Å². The average Bonchev–Trinajstić information content (AvgIpc) is 3.40. The number of hydrogen-bond donors (Lipinski definition) is 1. The number of rotatable bonds is 4. The molecule has 3 aromatic rings. The van der Waals surface area contributed by atoms with Crippen LogP contribution in [0, 0.1) is 5.92 Å². The van der Waals surface area contributed by atoms with Gasteiger partial charge in [-0.2, -0.15) is 15.1 Å². The Labute approximate surface area is 191 Å². The SMILES string of the molecule is Cl.O=C1Cc2c(-c3noc(-c4ccccc4OC(F)(F)F)n3)cnn2C(C2CCNCC2)=N1. The van der Waals surface area contributed by atoms with Gasteiger partial charge in [0.05, 0.1) is 29.4 Å². The van der Waals surface area contributed by atoms with Crippen molar-refractivity contribution in [2.24, 2.45) is 10.9 Å². The molecule has 0 bridgehead atoms. The molecule has 0 saturated carbocycles. The lowest BCUT2D eigenvalue weighted by Gasteiger charge is -2.26. The number of ether oxygens (including phenoxy) is 1. The number of aliphatic imine (C=N–C) groups is 1. The van der Waals surface area contributed by atoms with Crippen molar-refractivity contribution in [1.29, 1.82) is 0 Å². The molecular weight excluding hydrogens is 465 g/mol. The normalized spacial score (nSPS) is 16.7. The number of carbonyl (C=O) groups is 1. The lowest BCUT2D eigenvalue weighted by Crippen LogP contribution is -2.38. The molecule has 0 atom stereocenters. The molecule has 1 amide bonds. The molecule has 4 heterocycles. The minimum Gasteiger partial charge on any atom is -0.405 e. The summed E-state index contributed by atoms with van der Waals surface area (Å²) in [6.45, 7) is 1.66. The van der Waals surface area contributed by atoms with E-state index in [4.69, 9.17) is 4.52 Å². The number of amides is 1. The number of halogens is 4. The van der Waals surface area contributed by atoms with Gasteiger partial charge >= 0.3 is 6.36 Å². The summed E-state index contributed by atoms with van der Waals surface area (Å²) in [4.78, 5) is 20.8. The van der Waals surface area contributed by atoms with Crippen LogP contribution >= 0.6 is 12.4 Å². The number of fused-ring (bicyclic) bond motifs is 1. The number of carbonyl (C=O) groups excluding carboxylic acids is 1. The molecule has 174 valence electrons. The number of piperidine rings is 1. The van der Waals surface area contributed by atoms with Crippen molar-refractivity contribution in [1.82, 2.24) is 25.2 Å². The van der Waals surface area contributed by atoms with Crippen molar-refractivity contribution in [2.45, 2.75) is 25.6 Å². The number of hydrogen-bond acceptors (Lipinski definition) is 7. The molecule has 33 heavy (non-hydrogen) atoms. The second-order valence-electron chi connectivity index (χ2n) is 7.45. The first-order chi connectivity index (χ1) is 15.4. The molecule has 0 radical (unpaired) electrons. The van der Waals surface area contributed by atoms with Crippen LogP contribution in [-0.4, -0.2) is 51.1 Å². The monoisotopic (exact) mass is 482 g/mol. The van der Waals surface area contributed by atoms with Gasteiger partial charge in [0.2, 0.25) is 5.82 Å². The first kappa shape index (κ1) is 22.9. The Morgan fingerprint density at radius 2 is 1.91 bits per heavy atom. The fraction of sp³-hybridized carbons (Fsp3) is 0.350. The van der Waals surface area contributed by atoms with Crippen molar-refractivity contribution >= 4 is 24.1 Å². The van der Waals surface area contributed by atoms with Gasteiger partial charge in [0, 0.05) is 5.92 Å². The van der Waals surface area contributed by atoms with E-state index < -0.39 is 12.1 Å². The summed E-state index contributed by atoms with van der Waals surface area (Å²) in [7, 11) is 0. The van der Waals surface area contributed by atoms with E-state index in [-0.39, 0.29) is 47.9 Å². The largest absolute Gasteiger partial charge is 0.573 e. The lowest BCUT2D eigenvalue weighted by molar-refractivity contribution is -0.274. The minimum absolute atomic E-state index is 0. The quantitative estimate of drug-likeness (QED) is 0.608. The van der Waals surface area contributed by atoms with E-state index in [2.05, 4.69) is 30.3 Å². The van der Waals surface area contributed by atoms with Gasteiger partial charge in [-0.15, -0.1) is 25.6 Å². The smallest absolute Gasteiger partial charge is 0.405 e. The van der Waals surface area contributed by atoms with E-state index in [1.807, 2.05) is 0 Å². The van der Waals surface area contributed by atoms with Gasteiger partial charge in [0.25, 0.3) is 11.8 Å². The number of nitrogens with zero attached hydrogens (tertiary/aromatic N) is 5. The van der Waals surface area contributed by atoms with Crippen LogP contribution in [0.25, 0.3) is 22.8 Å². The molecule has 2 aliphatic heterocycles. The maximum atomic E-state index is 12.7. The van der Waals surface area contributed by atoms with E-state index in [9.17, 15) is 18.0 Å². The zero-order valence-corrected chi connectivity index (χ0v) is 17.8. The third kappa shape index (κ3) is 4.62. The standard InChI is InChI=1S/C20H17F3N6O3.ClH/c21-20(22,23)31-15-4-2-1-3-12(15)19-27-17(28-32-19)13-10-25-29-14(13)9-16(30)26-18(29)11-5-7-24-8-6-11;/h1-4,10-11,24H,5-9H2;1H. The molecule has 1 saturated heterocycles. The second-order valence-corrected chi connectivity index (χ2v) is 7.45. The molecule has 0 unspecified atom stereocenters. The Hall–Kier alpha value is -3.25. The molecule has 5 rings (SSSR count). The number of aromatic nitrogens is 4. The summed E-state index contributed by atoms with van der Waals surface area (Å²) in [5.74, 6) is -0.0874. The van der Waals surface area contributed by atoms with Crippen LogP contribution < -0.4 is 10.1 Å². The maximum Gasteiger partial charge on any atom is 0.573 e. The van der Waals surface area contributed by atoms with E-state index >= 15 is 0 Å². The number of para-hydroxylation sites is 1. The number of benzene rings is 1. The van der Waals surface area contributed by atoms with Gasteiger partial charge in [-0.1, -0.05) is 17.3 Å². The lowest BCUT2D eigenvalue weighted by atomic mass is 9.95. The van der Waals surface area contributed by atoms with Gasteiger partial charge < -0.3 is 14.6 Å². The highest BCUT2D eigenvalue weighted by molar-refractivity contribution is 6.01. The van der Waals surface area contributed by atoms with Crippen LogP contribution in [0.1, 0.15) is 18.5 Å². The van der Waals surface area contributed by atoms with E-state index in [0.717, 1.165) is 32.0 Å². The predicted octanol–water partition coefficient (Wildman–Crippen LogP) is 3.25. The van der Waals surface area contributed by atoms with Crippen molar-refractivity contribution in [3.8, 4) is 28.6 Å². The zero-order chi connectivity index (χ0) is 22.3. The Morgan fingerprint density at radius 3 is 2.67 bits per heavy atom. The van der Waals surface area contributed by atoms with Crippen molar-refractivity contribution in [3.63, 3.8) is 0 Å². The third-order valence-corrected chi connectivity index (χ3v) is 5.36. The van der Waals surface area contributed by atoms with Crippen molar-refractivity contribution < 1.29 is 27.2 Å². The van der Waals surface area contributed by atoms with E-state index in [1.54, 1.807) is 4.68 Å². The summed E-state index contributed by atoms with van der Waals surface area (Å²) in [6, 6.07) is 5.49. The third-order valence-electron chi connectivity index (χ3n) is 5.36. The Bertz CT molecular complexity index is 1200. The molecular formula is C20H18ClF3N6O3. The van der Waals surface area contributed by atoms with Crippen LogP contribution in [0.4, 0.5) is 13.2 Å². The highest BCUT2D eigenvalue weighted by atomic mass is 35.5. The summed E-state index contributed by atoms with van der Waals surface area (Å²) >= 11 is 0. The van der Waals surface area contributed by atoms with Gasteiger partial charge in [0.1, 0.15) is 11.6 Å². The molecule has 2 aromatic heterocycles. The number of nitrogens with one attached hydrogen (secondary N) is 1. The molecule has 9 nitrogen and oxygen atoms in total. The van der Waals surface area contributed by atoms with Gasteiger partial charge in [-0.3, -0.25) is 4.79 Å². The summed E-state index contributed by atoms with van der Waals surface area (Å²) < 4.78 is 49.1. The van der Waals surface area contributed by atoms with Gasteiger partial charge in [-0.25, -0.2) is 4.68 Å². The maximum absolute atomic E-state index is 12.7. The molecule has 1 N–H and O–H groups in total. The van der Waals surface area contributed by atoms with Crippen LogP contribution in [0.5, 0.6) is 5.75 Å². The zero-order valence-electron chi connectivity index (χ0n) is 17.0. The van der Waals surface area contributed by atoms with Crippen molar-refractivity contribution in [3.05, 3.63) is 36.2 Å². The second kappa shape index (κ2) is 8.94. The van der Waals surface area contributed by atoms with Crippen LogP contribution in [0.3, 0.4) is 0 Å². The summed E-state index contributed by atoms with van der Waals surface area (Å²) in [5, 5.41) is 11.6. The highest BCUT2D eigenvalue weighted by Crippen LogP contribution is 2.34. The molecule has 2 aliphatic rings. The molecule has 1 aromatic carbocycles. The number of alkyl halides is 3. The molecule has 1 fully saturated rings. The Kier molecular flexibility index (Phi) is 6.21. The Balaban J connectivity index is 0.00000259. The molecule has 0 aliphatic carbocycles. The topological polar surface area (TPSA) is 107 Å². The summed E-state index contributed by atoms with van der Waals surface area (Å²) in [6.07, 6.45) is -1.67. The van der Waals surface area contributed by atoms with Crippen molar-refractivity contribution in [2.75, 3.05) is 13.1 Å². The highest BCUT2D eigenvalue weighted by Gasteiger charge is 2.34. The van der Waals surface area contributed by atoms with E-state index in [1.165, 1.54) is 24.4 Å². The first-order valence-electron chi connectivity index (χ1n) is 9.97. The van der Waals surface area contributed by atoms with Gasteiger partial charge in [-0.05, 0) is 38.1 Å². The van der Waals surface area contributed by atoms with Gasteiger partial charge in [0.15, 0.2) is 0 Å². The molecule has 13 heteroatoms. The van der Waals surface area contributed by atoms with Crippen LogP contribution in [0.15, 0.2) is 40.0 Å². The fourth-order valence-corrected chi connectivity index (χ4v) is 3.93. The fourth-order valence-electron chi connectivity index (χ4n) is 3.93. The van der Waals surface area contributed by atoms with Crippen LogP contribution in [0.2, 0.25) is 0 Å².